The first-order valence-electron chi connectivity index (χ1n) is 5.69. The molecule has 0 saturated carbocycles. The Kier molecular flexibility index (Phi) is 4.95. The van der Waals surface area contributed by atoms with E-state index in [9.17, 15) is 23.1 Å². The molecule has 0 amide bonds. The molecule has 1 aromatic rings. The fraction of sp³-hybridized carbons (Fsp3) is 0.417. The number of methoxy groups -OCH3 is 1. The highest BCUT2D eigenvalue weighted by molar-refractivity contribution is 6.33. The highest BCUT2D eigenvalue weighted by Crippen LogP contribution is 2.45. The molecule has 1 atom stereocenters. The Balaban J connectivity index is 3.62. The number of rotatable bonds is 4. The molecule has 0 aliphatic heterocycles. The van der Waals surface area contributed by atoms with Crippen LogP contribution in [0, 0.1) is 0 Å². The van der Waals surface area contributed by atoms with E-state index < -0.39 is 29.1 Å². The van der Waals surface area contributed by atoms with Crippen LogP contribution >= 0.6 is 11.6 Å². The number of hydrogen-bond acceptors (Lipinski definition) is 5. The standard InChI is InChI=1S/C12H13ClF3NO4/c1-3-21-10(18)11(19,12(14,15)16)6-4-7(13)8(17)5-9(6)20-2/h4-5,19H,3,17H2,1-2H3. The maximum atomic E-state index is 13.2. The number of nitrogen functional groups attached to an aromatic ring is 1. The van der Waals surface area contributed by atoms with Crippen LogP contribution in [0.4, 0.5) is 18.9 Å². The second kappa shape index (κ2) is 5.98. The smallest absolute Gasteiger partial charge is 0.432 e. The van der Waals surface area contributed by atoms with Gasteiger partial charge in [0.05, 0.1) is 24.4 Å². The van der Waals surface area contributed by atoms with Gasteiger partial charge in [-0.1, -0.05) is 11.6 Å². The quantitative estimate of drug-likeness (QED) is 0.654. The van der Waals surface area contributed by atoms with Gasteiger partial charge in [0.15, 0.2) is 0 Å². The molecule has 0 aliphatic rings. The number of hydrogen-bond donors (Lipinski definition) is 2. The van der Waals surface area contributed by atoms with Crippen LogP contribution in [-0.2, 0) is 15.1 Å². The summed E-state index contributed by atoms with van der Waals surface area (Å²) in [6.07, 6.45) is -5.34. The molecule has 118 valence electrons. The van der Waals surface area contributed by atoms with Gasteiger partial charge in [0.1, 0.15) is 5.75 Å². The van der Waals surface area contributed by atoms with Gasteiger partial charge in [-0.05, 0) is 13.0 Å². The molecule has 0 spiro atoms. The summed E-state index contributed by atoms with van der Waals surface area (Å²) in [5.41, 5.74) is 0.593. The summed E-state index contributed by atoms with van der Waals surface area (Å²) in [5, 5.41) is 9.70. The molecular formula is C12H13ClF3NO4. The number of carbonyl (C=O) groups is 1. The summed E-state index contributed by atoms with van der Waals surface area (Å²) < 4.78 is 48.8. The number of halogens is 4. The summed E-state index contributed by atoms with van der Waals surface area (Å²) in [5.74, 6) is -2.32. The van der Waals surface area contributed by atoms with E-state index in [4.69, 9.17) is 22.1 Å². The van der Waals surface area contributed by atoms with E-state index in [2.05, 4.69) is 4.74 Å². The third-order valence-electron chi connectivity index (χ3n) is 2.69. The Bertz CT molecular complexity index is 550. The zero-order valence-corrected chi connectivity index (χ0v) is 11.9. The largest absolute Gasteiger partial charge is 0.496 e. The van der Waals surface area contributed by atoms with Crippen molar-refractivity contribution in [3.05, 3.63) is 22.7 Å². The normalized spacial score (nSPS) is 14.4. The molecule has 0 aromatic heterocycles. The molecule has 0 heterocycles. The van der Waals surface area contributed by atoms with E-state index in [1.165, 1.54) is 6.92 Å². The Morgan fingerprint density at radius 2 is 2.00 bits per heavy atom. The Hall–Kier alpha value is -1.67. The second-order valence-electron chi connectivity index (χ2n) is 4.00. The minimum Gasteiger partial charge on any atom is -0.496 e. The van der Waals surface area contributed by atoms with Gasteiger partial charge in [-0.25, -0.2) is 4.79 Å². The van der Waals surface area contributed by atoms with E-state index in [1.807, 2.05) is 0 Å². The van der Waals surface area contributed by atoms with Crippen LogP contribution in [0.25, 0.3) is 0 Å². The van der Waals surface area contributed by atoms with Gasteiger partial charge in [-0.15, -0.1) is 0 Å². The van der Waals surface area contributed by atoms with Gasteiger partial charge in [0, 0.05) is 11.6 Å². The van der Waals surface area contributed by atoms with Crippen LogP contribution < -0.4 is 10.5 Å². The lowest BCUT2D eigenvalue weighted by molar-refractivity contribution is -0.268. The molecule has 0 saturated heterocycles. The summed E-state index contributed by atoms with van der Waals surface area (Å²) in [7, 11) is 1.06. The van der Waals surface area contributed by atoms with Gasteiger partial charge >= 0.3 is 12.1 Å². The van der Waals surface area contributed by atoms with Crippen molar-refractivity contribution < 1.29 is 32.5 Å². The first kappa shape index (κ1) is 17.4. The Labute approximate surface area is 123 Å². The predicted molar refractivity (Wildman–Crippen MR) is 69.0 cm³/mol. The van der Waals surface area contributed by atoms with Crippen LogP contribution in [0.2, 0.25) is 5.02 Å². The van der Waals surface area contributed by atoms with Gasteiger partial charge < -0.3 is 20.3 Å². The molecule has 3 N–H and O–H groups in total. The average Bonchev–Trinajstić information content (AvgIpc) is 2.39. The van der Waals surface area contributed by atoms with Gasteiger partial charge in [0.2, 0.25) is 0 Å². The number of ether oxygens (including phenoxy) is 2. The lowest BCUT2D eigenvalue weighted by atomic mass is 9.91. The van der Waals surface area contributed by atoms with E-state index in [0.717, 1.165) is 19.2 Å². The van der Waals surface area contributed by atoms with Crippen LogP contribution in [0.15, 0.2) is 12.1 Å². The molecule has 1 unspecified atom stereocenters. The third kappa shape index (κ3) is 3.01. The number of nitrogens with two attached hydrogens (primary N) is 1. The summed E-state index contributed by atoms with van der Waals surface area (Å²) in [6, 6.07) is 1.70. The fourth-order valence-corrected chi connectivity index (χ4v) is 1.80. The lowest BCUT2D eigenvalue weighted by Crippen LogP contribution is -2.50. The molecule has 0 fully saturated rings. The molecule has 0 radical (unpaired) electrons. The SMILES string of the molecule is CCOC(=O)C(O)(c1cc(Cl)c(N)cc1OC)C(F)(F)F. The van der Waals surface area contributed by atoms with E-state index >= 15 is 0 Å². The van der Waals surface area contributed by atoms with Crippen molar-refractivity contribution in [1.82, 2.24) is 0 Å². The van der Waals surface area contributed by atoms with Crippen molar-refractivity contribution in [3.8, 4) is 5.75 Å². The molecule has 1 rings (SSSR count). The van der Waals surface area contributed by atoms with Gasteiger partial charge in [-0.3, -0.25) is 0 Å². The van der Waals surface area contributed by atoms with Crippen LogP contribution in [0.5, 0.6) is 5.75 Å². The monoisotopic (exact) mass is 327 g/mol. The third-order valence-corrected chi connectivity index (χ3v) is 3.02. The molecular weight excluding hydrogens is 315 g/mol. The summed E-state index contributed by atoms with van der Waals surface area (Å²) in [6.45, 7) is 0.962. The molecule has 21 heavy (non-hydrogen) atoms. The predicted octanol–water partition coefficient (Wildman–Crippen LogP) is 2.24. The first-order valence-corrected chi connectivity index (χ1v) is 6.07. The zero-order chi connectivity index (χ0) is 16.4. The molecule has 9 heteroatoms. The molecule has 5 nitrogen and oxygen atoms in total. The molecule has 0 aliphatic carbocycles. The van der Waals surface area contributed by atoms with Crippen LogP contribution in [0.3, 0.4) is 0 Å². The molecule has 0 bridgehead atoms. The van der Waals surface area contributed by atoms with Gasteiger partial charge in [-0.2, -0.15) is 13.2 Å². The maximum absolute atomic E-state index is 13.2. The zero-order valence-electron chi connectivity index (χ0n) is 11.1. The average molecular weight is 328 g/mol. The van der Waals surface area contributed by atoms with E-state index in [-0.39, 0.29) is 17.3 Å². The van der Waals surface area contributed by atoms with Crippen molar-refractivity contribution in [2.24, 2.45) is 0 Å². The minimum absolute atomic E-state index is 0.0642. The highest BCUT2D eigenvalue weighted by atomic mass is 35.5. The fourth-order valence-electron chi connectivity index (χ4n) is 1.63. The number of carbonyl (C=O) groups excluding carboxylic acids is 1. The van der Waals surface area contributed by atoms with Crippen molar-refractivity contribution in [2.75, 3.05) is 19.5 Å². The van der Waals surface area contributed by atoms with Crippen LogP contribution in [0.1, 0.15) is 12.5 Å². The minimum atomic E-state index is -5.34. The van der Waals surface area contributed by atoms with Crippen molar-refractivity contribution in [3.63, 3.8) is 0 Å². The van der Waals surface area contributed by atoms with Crippen molar-refractivity contribution in [2.45, 2.75) is 18.7 Å². The van der Waals surface area contributed by atoms with Crippen LogP contribution in [-0.4, -0.2) is 31.0 Å². The second-order valence-corrected chi connectivity index (χ2v) is 4.41. The summed E-state index contributed by atoms with van der Waals surface area (Å²) in [4.78, 5) is 11.7. The number of benzene rings is 1. The van der Waals surface area contributed by atoms with Crippen molar-refractivity contribution in [1.29, 1.82) is 0 Å². The summed E-state index contributed by atoms with van der Waals surface area (Å²) >= 11 is 5.67. The topological polar surface area (TPSA) is 81.8 Å². The number of aliphatic hydroxyl groups is 1. The van der Waals surface area contributed by atoms with Gasteiger partial charge in [0.25, 0.3) is 5.60 Å². The van der Waals surface area contributed by atoms with Crippen molar-refractivity contribution >= 4 is 23.3 Å². The Morgan fingerprint density at radius 3 is 2.43 bits per heavy atom. The number of alkyl halides is 3. The molecule has 1 aromatic carbocycles. The number of esters is 1. The number of anilines is 1. The maximum Gasteiger partial charge on any atom is 0.432 e. The lowest BCUT2D eigenvalue weighted by Gasteiger charge is -2.29. The van der Waals surface area contributed by atoms with E-state index in [0.29, 0.717) is 0 Å². The van der Waals surface area contributed by atoms with E-state index in [1.54, 1.807) is 0 Å². The first-order chi connectivity index (χ1) is 9.59. The Morgan fingerprint density at radius 1 is 1.43 bits per heavy atom. The highest BCUT2D eigenvalue weighted by Gasteiger charge is 2.63.